The molecule has 1 unspecified atom stereocenters. The van der Waals surface area contributed by atoms with Crippen LogP contribution in [0.5, 0.6) is 0 Å². The molecule has 0 aliphatic rings. The molecule has 0 aliphatic heterocycles. The lowest BCUT2D eigenvalue weighted by atomic mass is 10.2. The van der Waals surface area contributed by atoms with Gasteiger partial charge in [-0.05, 0) is 32.3 Å². The summed E-state index contributed by atoms with van der Waals surface area (Å²) in [6.45, 7) is 9.85. The van der Waals surface area contributed by atoms with Crippen LogP contribution in [-0.4, -0.2) is 39.9 Å². The summed E-state index contributed by atoms with van der Waals surface area (Å²) in [6.07, 6.45) is 4.53. The third kappa shape index (κ3) is 4.79. The summed E-state index contributed by atoms with van der Waals surface area (Å²) in [6, 6.07) is 1.98. The average Bonchev–Trinajstić information content (AvgIpc) is 2.46. The van der Waals surface area contributed by atoms with Gasteiger partial charge in [-0.2, -0.15) is 0 Å². The average molecular weight is 278 g/mol. The Morgan fingerprint density at radius 3 is 2.50 bits per heavy atom. The van der Waals surface area contributed by atoms with Gasteiger partial charge in [0.25, 0.3) is 5.91 Å². The normalized spacial score (nSPS) is 12.0. The van der Waals surface area contributed by atoms with E-state index in [-0.39, 0.29) is 5.91 Å². The lowest BCUT2D eigenvalue weighted by Crippen LogP contribution is -2.33. The Hall–Kier alpha value is -1.65. The molecular weight excluding hydrogens is 252 g/mol. The minimum atomic E-state index is -0.0108. The van der Waals surface area contributed by atoms with Crippen molar-refractivity contribution < 1.29 is 4.79 Å². The van der Waals surface area contributed by atoms with Gasteiger partial charge in [0.1, 0.15) is 5.69 Å². The zero-order chi connectivity index (χ0) is 15.0. The Morgan fingerprint density at radius 1 is 1.30 bits per heavy atom. The van der Waals surface area contributed by atoms with Crippen LogP contribution in [-0.2, 0) is 0 Å². The number of amides is 1. The highest BCUT2D eigenvalue weighted by atomic mass is 16.2. The molecule has 0 saturated carbocycles. The van der Waals surface area contributed by atoms with E-state index in [4.69, 9.17) is 0 Å². The molecule has 112 valence electrons. The van der Waals surface area contributed by atoms with E-state index in [1.165, 1.54) is 0 Å². The van der Waals surface area contributed by atoms with Crippen LogP contribution < -0.4 is 5.32 Å². The molecule has 5 nitrogen and oxygen atoms in total. The zero-order valence-electron chi connectivity index (χ0n) is 13.0. The zero-order valence-corrected chi connectivity index (χ0v) is 13.0. The van der Waals surface area contributed by atoms with Gasteiger partial charge in [-0.3, -0.25) is 4.79 Å². The molecule has 20 heavy (non-hydrogen) atoms. The van der Waals surface area contributed by atoms with Gasteiger partial charge in [-0.1, -0.05) is 20.8 Å². The lowest BCUT2D eigenvalue weighted by molar-refractivity contribution is 0.0749. The Morgan fingerprint density at radius 2 is 1.95 bits per heavy atom. The summed E-state index contributed by atoms with van der Waals surface area (Å²) >= 11 is 0. The van der Waals surface area contributed by atoms with Crippen molar-refractivity contribution in [3.63, 3.8) is 0 Å². The molecule has 1 atom stereocenters. The fourth-order valence-electron chi connectivity index (χ4n) is 1.89. The van der Waals surface area contributed by atoms with Gasteiger partial charge in [0, 0.05) is 25.3 Å². The minimum Gasteiger partial charge on any atom is -0.352 e. The number of carbonyl (C=O) groups excluding carboxylic acids is 1. The van der Waals surface area contributed by atoms with E-state index < -0.39 is 0 Å². The first-order valence-electron chi connectivity index (χ1n) is 7.51. The molecule has 1 rings (SSSR count). The lowest BCUT2D eigenvalue weighted by Gasteiger charge is -2.21. The van der Waals surface area contributed by atoms with Crippen molar-refractivity contribution in [3.8, 4) is 0 Å². The van der Waals surface area contributed by atoms with E-state index in [1.54, 1.807) is 12.3 Å². The quantitative estimate of drug-likeness (QED) is 0.794. The SMILES string of the molecule is CCCN(CCC)C(=O)c1ccnc(NC(C)CC)n1. The number of anilines is 1. The van der Waals surface area contributed by atoms with Crippen molar-refractivity contribution in [2.24, 2.45) is 0 Å². The smallest absolute Gasteiger partial charge is 0.272 e. The predicted molar refractivity (Wildman–Crippen MR) is 81.9 cm³/mol. The molecule has 0 aromatic carbocycles. The second-order valence-electron chi connectivity index (χ2n) is 5.01. The molecule has 0 bridgehead atoms. The third-order valence-corrected chi connectivity index (χ3v) is 3.14. The maximum absolute atomic E-state index is 12.4. The van der Waals surface area contributed by atoms with Crippen molar-refractivity contribution in [1.82, 2.24) is 14.9 Å². The number of aromatic nitrogens is 2. The van der Waals surface area contributed by atoms with Crippen LogP contribution in [0.15, 0.2) is 12.3 Å². The van der Waals surface area contributed by atoms with Crippen molar-refractivity contribution >= 4 is 11.9 Å². The molecule has 1 heterocycles. The highest BCUT2D eigenvalue weighted by molar-refractivity contribution is 5.92. The van der Waals surface area contributed by atoms with Gasteiger partial charge in [0.15, 0.2) is 0 Å². The van der Waals surface area contributed by atoms with Crippen LogP contribution in [0, 0.1) is 0 Å². The minimum absolute atomic E-state index is 0.0108. The number of hydrogen-bond acceptors (Lipinski definition) is 4. The Balaban J connectivity index is 2.83. The third-order valence-electron chi connectivity index (χ3n) is 3.14. The van der Waals surface area contributed by atoms with Gasteiger partial charge < -0.3 is 10.2 Å². The summed E-state index contributed by atoms with van der Waals surface area (Å²) in [4.78, 5) is 22.8. The predicted octanol–water partition coefficient (Wildman–Crippen LogP) is 2.95. The summed E-state index contributed by atoms with van der Waals surface area (Å²) in [5.41, 5.74) is 0.465. The van der Waals surface area contributed by atoms with Crippen molar-refractivity contribution in [2.75, 3.05) is 18.4 Å². The Bertz CT molecular complexity index is 416. The van der Waals surface area contributed by atoms with E-state index in [0.29, 0.717) is 17.7 Å². The maximum atomic E-state index is 12.4. The standard InChI is InChI=1S/C15H26N4O/c1-5-10-19(11-6-2)14(20)13-8-9-16-15(18-13)17-12(4)7-3/h8-9,12H,5-7,10-11H2,1-4H3,(H,16,17,18). The molecule has 1 aromatic rings. The second-order valence-corrected chi connectivity index (χ2v) is 5.01. The molecule has 0 saturated heterocycles. The molecule has 0 spiro atoms. The summed E-state index contributed by atoms with van der Waals surface area (Å²) in [7, 11) is 0. The molecule has 1 aromatic heterocycles. The van der Waals surface area contributed by atoms with Gasteiger partial charge in [-0.15, -0.1) is 0 Å². The van der Waals surface area contributed by atoms with Crippen LogP contribution in [0.1, 0.15) is 57.4 Å². The maximum Gasteiger partial charge on any atom is 0.272 e. The number of rotatable bonds is 8. The first kappa shape index (κ1) is 16.4. The second kappa shape index (κ2) is 8.51. The van der Waals surface area contributed by atoms with Crippen molar-refractivity contribution in [2.45, 2.75) is 53.0 Å². The first-order chi connectivity index (χ1) is 9.62. The van der Waals surface area contributed by atoms with Crippen LogP contribution in [0.3, 0.4) is 0 Å². The van der Waals surface area contributed by atoms with Gasteiger partial charge in [0.05, 0.1) is 0 Å². The van der Waals surface area contributed by atoms with E-state index >= 15 is 0 Å². The number of hydrogen-bond donors (Lipinski definition) is 1. The number of carbonyl (C=O) groups is 1. The van der Waals surface area contributed by atoms with Gasteiger partial charge in [-0.25, -0.2) is 9.97 Å². The number of nitrogens with zero attached hydrogens (tertiary/aromatic N) is 3. The fraction of sp³-hybridized carbons (Fsp3) is 0.667. The topological polar surface area (TPSA) is 58.1 Å². The van der Waals surface area contributed by atoms with Crippen molar-refractivity contribution in [3.05, 3.63) is 18.0 Å². The van der Waals surface area contributed by atoms with Crippen LogP contribution in [0.25, 0.3) is 0 Å². The summed E-state index contributed by atoms with van der Waals surface area (Å²) in [5.74, 6) is 0.515. The molecular formula is C15H26N4O. The van der Waals surface area contributed by atoms with Crippen molar-refractivity contribution in [1.29, 1.82) is 0 Å². The van der Waals surface area contributed by atoms with E-state index in [9.17, 15) is 4.79 Å². The monoisotopic (exact) mass is 278 g/mol. The molecule has 5 heteroatoms. The van der Waals surface area contributed by atoms with E-state index in [0.717, 1.165) is 32.4 Å². The first-order valence-corrected chi connectivity index (χ1v) is 7.51. The molecule has 0 radical (unpaired) electrons. The number of nitrogens with one attached hydrogen (secondary N) is 1. The summed E-state index contributed by atoms with van der Waals surface area (Å²) in [5, 5.41) is 3.20. The van der Waals surface area contributed by atoms with Crippen LogP contribution in [0.2, 0.25) is 0 Å². The van der Waals surface area contributed by atoms with Gasteiger partial charge >= 0.3 is 0 Å². The molecule has 0 aliphatic carbocycles. The summed E-state index contributed by atoms with van der Waals surface area (Å²) < 4.78 is 0. The van der Waals surface area contributed by atoms with Gasteiger partial charge in [0.2, 0.25) is 5.95 Å². The van der Waals surface area contributed by atoms with Crippen LogP contribution in [0.4, 0.5) is 5.95 Å². The van der Waals surface area contributed by atoms with E-state index in [1.807, 2.05) is 4.90 Å². The van der Waals surface area contributed by atoms with E-state index in [2.05, 4.69) is 43.0 Å². The largest absolute Gasteiger partial charge is 0.352 e. The molecule has 1 N–H and O–H groups in total. The van der Waals surface area contributed by atoms with Crippen LogP contribution >= 0.6 is 0 Å². The fourth-order valence-corrected chi connectivity index (χ4v) is 1.89. The Labute approximate surface area is 121 Å². The highest BCUT2D eigenvalue weighted by Crippen LogP contribution is 2.08. The highest BCUT2D eigenvalue weighted by Gasteiger charge is 2.16. The molecule has 1 amide bonds. The Kier molecular flexibility index (Phi) is 6.98. The molecule has 0 fully saturated rings.